The van der Waals surface area contributed by atoms with Gasteiger partial charge in [0.1, 0.15) is 0 Å². The van der Waals surface area contributed by atoms with Gasteiger partial charge in [-0.1, -0.05) is 12.8 Å². The van der Waals surface area contributed by atoms with Gasteiger partial charge in [0.2, 0.25) is 0 Å². The Morgan fingerprint density at radius 1 is 1.53 bits per heavy atom. The van der Waals surface area contributed by atoms with Crippen LogP contribution in [0.3, 0.4) is 0 Å². The molecule has 1 N–H and O–H groups in total. The highest BCUT2D eigenvalue weighted by Gasteiger charge is 2.21. The second-order valence-electron chi connectivity index (χ2n) is 5.04. The highest BCUT2D eigenvalue weighted by molar-refractivity contribution is 7.15. The molecular formula is C13H19N3S. The first kappa shape index (κ1) is 11.2. The molecule has 17 heavy (non-hydrogen) atoms. The van der Waals surface area contributed by atoms with E-state index in [0.29, 0.717) is 6.04 Å². The van der Waals surface area contributed by atoms with E-state index in [1.54, 1.807) is 11.3 Å². The lowest BCUT2D eigenvalue weighted by Crippen LogP contribution is -2.31. The van der Waals surface area contributed by atoms with Crippen LogP contribution in [0.4, 0.5) is 0 Å². The van der Waals surface area contributed by atoms with Crippen molar-refractivity contribution in [3.63, 3.8) is 0 Å². The van der Waals surface area contributed by atoms with E-state index in [2.05, 4.69) is 39.4 Å². The summed E-state index contributed by atoms with van der Waals surface area (Å²) in [5.74, 6) is 0.874. The molecule has 3 nitrogen and oxygen atoms in total. The van der Waals surface area contributed by atoms with Gasteiger partial charge in [0.05, 0.1) is 5.69 Å². The predicted octanol–water partition coefficient (Wildman–Crippen LogP) is 3.06. The summed E-state index contributed by atoms with van der Waals surface area (Å²) in [5, 5.41) is 5.69. The Labute approximate surface area is 106 Å². The van der Waals surface area contributed by atoms with Crippen LogP contribution < -0.4 is 5.32 Å². The predicted molar refractivity (Wildman–Crippen MR) is 71.3 cm³/mol. The van der Waals surface area contributed by atoms with E-state index in [1.165, 1.54) is 25.7 Å². The molecule has 0 aromatic carbocycles. The summed E-state index contributed by atoms with van der Waals surface area (Å²) in [6, 6.07) is 0.622. The van der Waals surface area contributed by atoms with Crippen LogP contribution in [-0.2, 0) is 6.54 Å². The van der Waals surface area contributed by atoms with Crippen molar-refractivity contribution in [3.8, 4) is 0 Å². The number of aromatic nitrogens is 2. The molecule has 0 radical (unpaired) electrons. The molecule has 1 aliphatic rings. The maximum Gasteiger partial charge on any atom is 0.193 e. The van der Waals surface area contributed by atoms with E-state index in [4.69, 9.17) is 0 Å². The number of thiazole rings is 1. The number of hydrogen-bond acceptors (Lipinski definition) is 3. The minimum atomic E-state index is 0.622. The third-order valence-corrected chi connectivity index (χ3v) is 4.63. The number of nitrogens with one attached hydrogen (secondary N) is 1. The molecule has 2 heterocycles. The SMILES string of the molecule is CC(NCc1cn2ccsc2n1)C1CCCC1. The molecule has 0 aliphatic heterocycles. The van der Waals surface area contributed by atoms with Gasteiger partial charge in [0.25, 0.3) is 0 Å². The molecule has 2 aromatic rings. The van der Waals surface area contributed by atoms with Crippen molar-refractivity contribution in [3.05, 3.63) is 23.5 Å². The van der Waals surface area contributed by atoms with E-state index in [9.17, 15) is 0 Å². The maximum atomic E-state index is 4.59. The molecule has 92 valence electrons. The molecule has 0 saturated heterocycles. The topological polar surface area (TPSA) is 29.3 Å². The average molecular weight is 249 g/mol. The third kappa shape index (κ3) is 2.38. The molecular weight excluding hydrogens is 230 g/mol. The highest BCUT2D eigenvalue weighted by atomic mass is 32.1. The minimum absolute atomic E-state index is 0.622. The molecule has 0 bridgehead atoms. The number of rotatable bonds is 4. The van der Waals surface area contributed by atoms with Crippen LogP contribution in [0.5, 0.6) is 0 Å². The summed E-state index contributed by atoms with van der Waals surface area (Å²) in [6.45, 7) is 3.21. The second-order valence-corrected chi connectivity index (χ2v) is 5.91. The molecule has 1 saturated carbocycles. The van der Waals surface area contributed by atoms with Crippen LogP contribution in [0.2, 0.25) is 0 Å². The molecule has 0 spiro atoms. The van der Waals surface area contributed by atoms with Crippen molar-refractivity contribution in [1.82, 2.24) is 14.7 Å². The van der Waals surface area contributed by atoms with Crippen LogP contribution in [0.15, 0.2) is 17.8 Å². The van der Waals surface area contributed by atoms with Gasteiger partial charge in [-0.25, -0.2) is 4.98 Å². The van der Waals surface area contributed by atoms with Crippen molar-refractivity contribution < 1.29 is 0 Å². The van der Waals surface area contributed by atoms with Crippen molar-refractivity contribution in [2.75, 3.05) is 0 Å². The van der Waals surface area contributed by atoms with E-state index < -0.39 is 0 Å². The van der Waals surface area contributed by atoms with Gasteiger partial charge in [0.15, 0.2) is 4.96 Å². The lowest BCUT2D eigenvalue weighted by Gasteiger charge is -2.19. The fraction of sp³-hybridized carbons (Fsp3) is 0.615. The zero-order valence-corrected chi connectivity index (χ0v) is 11.0. The molecule has 2 aromatic heterocycles. The summed E-state index contributed by atoms with van der Waals surface area (Å²) in [5.41, 5.74) is 1.15. The van der Waals surface area contributed by atoms with Crippen molar-refractivity contribution in [2.45, 2.75) is 45.2 Å². The zero-order chi connectivity index (χ0) is 11.7. The monoisotopic (exact) mass is 249 g/mol. The van der Waals surface area contributed by atoms with Crippen molar-refractivity contribution in [1.29, 1.82) is 0 Å². The fourth-order valence-corrected chi connectivity index (χ4v) is 3.47. The Balaban J connectivity index is 1.58. The summed E-state index contributed by atoms with van der Waals surface area (Å²) >= 11 is 1.69. The maximum absolute atomic E-state index is 4.59. The Bertz CT molecular complexity index is 453. The first-order chi connectivity index (χ1) is 8.33. The Hall–Kier alpha value is -0.870. The minimum Gasteiger partial charge on any atom is -0.308 e. The number of hydrogen-bond donors (Lipinski definition) is 1. The van der Waals surface area contributed by atoms with E-state index in [-0.39, 0.29) is 0 Å². The van der Waals surface area contributed by atoms with Crippen LogP contribution in [0.25, 0.3) is 4.96 Å². The van der Waals surface area contributed by atoms with Crippen LogP contribution >= 0.6 is 11.3 Å². The van der Waals surface area contributed by atoms with Crippen molar-refractivity contribution in [2.24, 2.45) is 5.92 Å². The zero-order valence-electron chi connectivity index (χ0n) is 10.2. The third-order valence-electron chi connectivity index (χ3n) is 3.86. The van der Waals surface area contributed by atoms with Gasteiger partial charge >= 0.3 is 0 Å². The lowest BCUT2D eigenvalue weighted by atomic mass is 10.00. The molecule has 0 amide bonds. The molecule has 1 aliphatic carbocycles. The highest BCUT2D eigenvalue weighted by Crippen LogP contribution is 2.27. The summed E-state index contributed by atoms with van der Waals surface area (Å²) in [7, 11) is 0. The molecule has 1 unspecified atom stereocenters. The van der Waals surface area contributed by atoms with Gasteiger partial charge < -0.3 is 5.32 Å². The smallest absolute Gasteiger partial charge is 0.193 e. The normalized spacial score (nSPS) is 19.1. The quantitative estimate of drug-likeness (QED) is 0.902. The Kier molecular flexibility index (Phi) is 3.16. The Morgan fingerprint density at radius 2 is 2.35 bits per heavy atom. The summed E-state index contributed by atoms with van der Waals surface area (Å²) in [4.78, 5) is 5.68. The molecule has 3 rings (SSSR count). The van der Waals surface area contributed by atoms with E-state index >= 15 is 0 Å². The summed E-state index contributed by atoms with van der Waals surface area (Å²) < 4.78 is 2.10. The molecule has 1 atom stereocenters. The first-order valence-corrected chi connectivity index (χ1v) is 7.35. The number of imidazole rings is 1. The van der Waals surface area contributed by atoms with Gasteiger partial charge in [-0.2, -0.15) is 0 Å². The number of fused-ring (bicyclic) bond motifs is 1. The van der Waals surface area contributed by atoms with Crippen LogP contribution in [0.1, 0.15) is 38.3 Å². The fourth-order valence-electron chi connectivity index (χ4n) is 2.75. The van der Waals surface area contributed by atoms with Gasteiger partial charge in [-0.05, 0) is 25.7 Å². The van der Waals surface area contributed by atoms with Crippen molar-refractivity contribution >= 4 is 16.3 Å². The van der Waals surface area contributed by atoms with Gasteiger partial charge in [0, 0.05) is 30.4 Å². The van der Waals surface area contributed by atoms with E-state index in [1.807, 2.05) is 0 Å². The van der Waals surface area contributed by atoms with Gasteiger partial charge in [-0.3, -0.25) is 4.40 Å². The lowest BCUT2D eigenvalue weighted by molar-refractivity contribution is 0.379. The molecule has 1 fully saturated rings. The van der Waals surface area contributed by atoms with Gasteiger partial charge in [-0.15, -0.1) is 11.3 Å². The average Bonchev–Trinajstić information content (AvgIpc) is 3.01. The van der Waals surface area contributed by atoms with Crippen LogP contribution in [0, 0.1) is 5.92 Å². The van der Waals surface area contributed by atoms with Crippen LogP contribution in [-0.4, -0.2) is 15.4 Å². The number of nitrogens with zero attached hydrogens (tertiary/aromatic N) is 2. The largest absolute Gasteiger partial charge is 0.308 e. The summed E-state index contributed by atoms with van der Waals surface area (Å²) in [6.07, 6.45) is 9.81. The standard InChI is InChI=1S/C13H19N3S/c1-10(11-4-2-3-5-11)14-8-12-9-16-6-7-17-13(16)15-12/h6-7,9-11,14H,2-5,8H2,1H3. The van der Waals surface area contributed by atoms with E-state index in [0.717, 1.165) is 23.1 Å². The second kappa shape index (κ2) is 4.78. The Morgan fingerprint density at radius 3 is 3.12 bits per heavy atom. The molecule has 4 heteroatoms. The first-order valence-electron chi connectivity index (χ1n) is 6.47.